The van der Waals surface area contributed by atoms with Gasteiger partial charge in [-0.3, -0.25) is 4.68 Å². The average Bonchev–Trinajstić information content (AvgIpc) is 2.39. The van der Waals surface area contributed by atoms with Crippen LogP contribution in [-0.4, -0.2) is 9.78 Å². The first-order chi connectivity index (χ1) is 6.20. The zero-order valence-electron chi connectivity index (χ0n) is 7.53. The highest BCUT2D eigenvalue weighted by Crippen LogP contribution is 2.21. The number of aryl methyl sites for hydroxylation is 2. The van der Waals surface area contributed by atoms with Crippen molar-refractivity contribution in [3.05, 3.63) is 26.9 Å². The van der Waals surface area contributed by atoms with Crippen LogP contribution in [0.25, 0.3) is 10.4 Å². The van der Waals surface area contributed by atoms with Crippen LogP contribution >= 0.6 is 11.6 Å². The topological polar surface area (TPSA) is 66.6 Å². The minimum absolute atomic E-state index is 0.249. The van der Waals surface area contributed by atoms with Gasteiger partial charge < -0.3 is 0 Å². The van der Waals surface area contributed by atoms with Gasteiger partial charge in [0.1, 0.15) is 0 Å². The third kappa shape index (κ3) is 1.94. The second-order valence-electron chi connectivity index (χ2n) is 2.57. The van der Waals surface area contributed by atoms with E-state index in [0.717, 1.165) is 17.8 Å². The van der Waals surface area contributed by atoms with Crippen LogP contribution in [0.1, 0.15) is 18.3 Å². The first-order valence-electron chi connectivity index (χ1n) is 3.91. The quantitative estimate of drug-likeness (QED) is 0.419. The van der Waals surface area contributed by atoms with Crippen molar-refractivity contribution in [3.8, 4) is 0 Å². The van der Waals surface area contributed by atoms with Gasteiger partial charge in [-0.1, -0.05) is 23.6 Å². The van der Waals surface area contributed by atoms with Crippen LogP contribution in [0.4, 0.5) is 0 Å². The van der Waals surface area contributed by atoms with Crippen molar-refractivity contribution >= 4 is 11.6 Å². The number of hydrogen-bond donors (Lipinski definition) is 0. The lowest BCUT2D eigenvalue weighted by atomic mass is 10.3. The van der Waals surface area contributed by atoms with Crippen molar-refractivity contribution in [1.29, 1.82) is 0 Å². The van der Waals surface area contributed by atoms with Gasteiger partial charge in [-0.2, -0.15) is 5.10 Å². The minimum Gasteiger partial charge on any atom is -0.271 e. The van der Waals surface area contributed by atoms with E-state index in [1.807, 2.05) is 6.92 Å². The fraction of sp³-hybridized carbons (Fsp3) is 0.571. The van der Waals surface area contributed by atoms with Crippen LogP contribution in [0.15, 0.2) is 5.11 Å². The molecule has 1 aromatic rings. The summed E-state index contributed by atoms with van der Waals surface area (Å²) in [6.45, 7) is 2.23. The molecule has 0 aromatic carbocycles. The Morgan fingerprint density at radius 3 is 2.85 bits per heavy atom. The number of hydrogen-bond acceptors (Lipinski definition) is 2. The zero-order valence-corrected chi connectivity index (χ0v) is 8.28. The van der Waals surface area contributed by atoms with Gasteiger partial charge in [-0.05, 0) is 12.0 Å². The molecule has 0 aliphatic carbocycles. The average molecular weight is 200 g/mol. The summed E-state index contributed by atoms with van der Waals surface area (Å²) in [6, 6.07) is 0. The normalized spacial score (nSPS) is 9.77. The highest BCUT2D eigenvalue weighted by molar-refractivity contribution is 6.31. The maximum absolute atomic E-state index is 8.16. The van der Waals surface area contributed by atoms with Crippen molar-refractivity contribution in [2.45, 2.75) is 19.9 Å². The van der Waals surface area contributed by atoms with Gasteiger partial charge in [0.2, 0.25) is 0 Å². The van der Waals surface area contributed by atoms with Crippen LogP contribution in [0.5, 0.6) is 0 Å². The third-order valence-corrected chi connectivity index (χ3v) is 2.22. The Morgan fingerprint density at radius 1 is 1.69 bits per heavy atom. The first-order valence-corrected chi connectivity index (χ1v) is 4.29. The first kappa shape index (κ1) is 9.89. The van der Waals surface area contributed by atoms with E-state index in [1.54, 1.807) is 11.7 Å². The third-order valence-electron chi connectivity index (χ3n) is 1.79. The van der Waals surface area contributed by atoms with Crippen LogP contribution in [0, 0.1) is 0 Å². The van der Waals surface area contributed by atoms with E-state index >= 15 is 0 Å². The Bertz CT molecular complexity index is 350. The highest BCUT2D eigenvalue weighted by atomic mass is 35.5. The van der Waals surface area contributed by atoms with E-state index < -0.39 is 0 Å². The fourth-order valence-electron chi connectivity index (χ4n) is 1.09. The molecule has 0 aliphatic rings. The second kappa shape index (κ2) is 4.16. The lowest BCUT2D eigenvalue weighted by Crippen LogP contribution is -1.96. The molecule has 70 valence electrons. The summed E-state index contributed by atoms with van der Waals surface area (Å²) >= 11 is 6.00. The van der Waals surface area contributed by atoms with Crippen molar-refractivity contribution in [3.63, 3.8) is 0 Å². The molecule has 0 unspecified atom stereocenters. The Morgan fingerprint density at radius 2 is 2.38 bits per heavy atom. The SMILES string of the molecule is CCc1nn(C)c(CN=[N+]=[N-])c1Cl. The van der Waals surface area contributed by atoms with Crippen molar-refractivity contribution in [2.75, 3.05) is 0 Å². The van der Waals surface area contributed by atoms with Crippen LogP contribution in [-0.2, 0) is 20.0 Å². The summed E-state index contributed by atoms with van der Waals surface area (Å²) in [7, 11) is 1.78. The molecule has 0 bridgehead atoms. The molecule has 6 heteroatoms. The number of rotatable bonds is 3. The van der Waals surface area contributed by atoms with Gasteiger partial charge in [0, 0.05) is 12.0 Å². The Hall–Kier alpha value is -1.19. The largest absolute Gasteiger partial charge is 0.271 e. The molecule has 0 N–H and O–H groups in total. The molecule has 0 amide bonds. The summed E-state index contributed by atoms with van der Waals surface area (Å²) in [5.41, 5.74) is 9.76. The smallest absolute Gasteiger partial charge is 0.0851 e. The Kier molecular flexibility index (Phi) is 3.17. The molecular formula is C7H10ClN5. The highest BCUT2D eigenvalue weighted by Gasteiger charge is 2.11. The molecule has 0 radical (unpaired) electrons. The Balaban J connectivity index is 3.05. The van der Waals surface area contributed by atoms with Gasteiger partial charge in [0.15, 0.2) is 0 Å². The van der Waals surface area contributed by atoms with Crippen LogP contribution in [0.3, 0.4) is 0 Å². The van der Waals surface area contributed by atoms with Gasteiger partial charge >= 0.3 is 0 Å². The molecule has 0 aliphatic heterocycles. The zero-order chi connectivity index (χ0) is 9.84. The predicted molar refractivity (Wildman–Crippen MR) is 50.4 cm³/mol. The second-order valence-corrected chi connectivity index (χ2v) is 2.95. The van der Waals surface area contributed by atoms with Gasteiger partial charge in [0.05, 0.1) is 23.0 Å². The summed E-state index contributed by atoms with van der Waals surface area (Å²) in [5.74, 6) is 0. The van der Waals surface area contributed by atoms with Crippen molar-refractivity contribution in [1.82, 2.24) is 9.78 Å². The van der Waals surface area contributed by atoms with Crippen molar-refractivity contribution < 1.29 is 0 Å². The lowest BCUT2D eigenvalue weighted by molar-refractivity contribution is 0.699. The molecule has 13 heavy (non-hydrogen) atoms. The maximum atomic E-state index is 8.16. The molecule has 1 rings (SSSR count). The number of nitrogens with zero attached hydrogens (tertiary/aromatic N) is 5. The molecule has 0 spiro atoms. The summed E-state index contributed by atoms with van der Waals surface area (Å²) in [6.07, 6.45) is 0.781. The van der Waals surface area contributed by atoms with Crippen LogP contribution in [0.2, 0.25) is 5.02 Å². The molecule has 5 nitrogen and oxygen atoms in total. The number of azide groups is 1. The van der Waals surface area contributed by atoms with E-state index in [4.69, 9.17) is 17.1 Å². The standard InChI is InChI=1S/C7H10ClN5/c1-3-5-7(8)6(4-10-12-9)13(2)11-5/h3-4H2,1-2H3. The molecule has 0 fully saturated rings. The fourth-order valence-corrected chi connectivity index (χ4v) is 1.44. The summed E-state index contributed by atoms with van der Waals surface area (Å²) in [5, 5.41) is 8.24. The molecule has 0 saturated carbocycles. The van der Waals surface area contributed by atoms with Gasteiger partial charge in [-0.15, -0.1) is 0 Å². The van der Waals surface area contributed by atoms with E-state index in [2.05, 4.69) is 15.1 Å². The van der Waals surface area contributed by atoms with Gasteiger partial charge in [0.25, 0.3) is 0 Å². The van der Waals surface area contributed by atoms with E-state index in [1.165, 1.54) is 0 Å². The maximum Gasteiger partial charge on any atom is 0.0851 e. The van der Waals surface area contributed by atoms with Crippen molar-refractivity contribution in [2.24, 2.45) is 12.2 Å². The molecule has 1 aromatic heterocycles. The predicted octanol–water partition coefficient (Wildman–Crippen LogP) is 2.45. The summed E-state index contributed by atoms with van der Waals surface area (Å²) < 4.78 is 1.65. The number of aromatic nitrogens is 2. The van der Waals surface area contributed by atoms with E-state index in [-0.39, 0.29) is 6.54 Å². The minimum atomic E-state index is 0.249. The van der Waals surface area contributed by atoms with Gasteiger partial charge in [-0.25, -0.2) is 0 Å². The molecule has 0 saturated heterocycles. The van der Waals surface area contributed by atoms with Crippen LogP contribution < -0.4 is 0 Å². The molecule has 1 heterocycles. The Labute approximate surface area is 80.9 Å². The monoisotopic (exact) mass is 199 g/mol. The molecule has 0 atom stereocenters. The van der Waals surface area contributed by atoms with E-state index in [9.17, 15) is 0 Å². The summed E-state index contributed by atoms with van der Waals surface area (Å²) in [4.78, 5) is 2.67. The lowest BCUT2D eigenvalue weighted by Gasteiger charge is -1.95. The number of halogens is 1. The van der Waals surface area contributed by atoms with E-state index in [0.29, 0.717) is 5.02 Å². The molecular weight excluding hydrogens is 190 g/mol.